The van der Waals surface area contributed by atoms with Crippen molar-refractivity contribution >= 4 is 5.91 Å². The number of ether oxygens (including phenoxy) is 2. The van der Waals surface area contributed by atoms with Gasteiger partial charge in [0.25, 0.3) is 0 Å². The first-order chi connectivity index (χ1) is 12.2. The van der Waals surface area contributed by atoms with E-state index >= 15 is 0 Å². The molecule has 5 heteroatoms. The molecular formula is C20H28N2O3. The van der Waals surface area contributed by atoms with Crippen LogP contribution in [0.5, 0.6) is 0 Å². The van der Waals surface area contributed by atoms with Gasteiger partial charge in [0.1, 0.15) is 5.60 Å². The van der Waals surface area contributed by atoms with E-state index in [2.05, 4.69) is 4.90 Å². The summed E-state index contributed by atoms with van der Waals surface area (Å²) < 4.78 is 11.6. The highest BCUT2D eigenvalue weighted by molar-refractivity contribution is 5.79. The van der Waals surface area contributed by atoms with Crippen molar-refractivity contribution in [1.82, 2.24) is 9.80 Å². The molecule has 1 aromatic rings. The molecule has 1 aromatic carbocycles. The predicted octanol–water partition coefficient (Wildman–Crippen LogP) is 1.57. The Kier molecular flexibility index (Phi) is 5.06. The smallest absolute Gasteiger partial charge is 0.227 e. The minimum Gasteiger partial charge on any atom is -0.379 e. The first-order valence-corrected chi connectivity index (χ1v) is 9.48. The van der Waals surface area contributed by atoms with E-state index < -0.39 is 0 Å². The molecule has 25 heavy (non-hydrogen) atoms. The number of carbonyl (C=O) groups excluding carboxylic acids is 1. The standard InChI is InChI=1S/C20H28N2O3/c23-19(12-17-4-2-1-3-5-17)22-15-20(16-22)7-6-18(14-25-20)13-21-8-10-24-11-9-21/h1-5,18H,6-16H2/t18-/m0/s1. The molecule has 0 saturated carbocycles. The lowest BCUT2D eigenvalue weighted by Gasteiger charge is -2.53. The molecule has 1 atom stereocenters. The van der Waals surface area contributed by atoms with Crippen LogP contribution in [0.15, 0.2) is 30.3 Å². The fourth-order valence-electron chi connectivity index (χ4n) is 4.17. The molecule has 3 fully saturated rings. The molecule has 0 radical (unpaired) electrons. The van der Waals surface area contributed by atoms with Crippen LogP contribution in [0.2, 0.25) is 0 Å². The van der Waals surface area contributed by atoms with Crippen LogP contribution in [0.1, 0.15) is 18.4 Å². The molecule has 3 saturated heterocycles. The van der Waals surface area contributed by atoms with E-state index in [0.717, 1.165) is 64.5 Å². The van der Waals surface area contributed by atoms with Gasteiger partial charge in [0.15, 0.2) is 0 Å². The molecule has 0 N–H and O–H groups in total. The van der Waals surface area contributed by atoms with Crippen LogP contribution in [0.3, 0.4) is 0 Å². The normalized spacial score (nSPS) is 26.4. The third-order valence-corrected chi connectivity index (χ3v) is 5.76. The van der Waals surface area contributed by atoms with Gasteiger partial charge < -0.3 is 14.4 Å². The van der Waals surface area contributed by atoms with Gasteiger partial charge in [-0.3, -0.25) is 9.69 Å². The zero-order chi connectivity index (χ0) is 17.1. The summed E-state index contributed by atoms with van der Waals surface area (Å²) in [6.07, 6.45) is 2.78. The Morgan fingerprint density at radius 1 is 1.16 bits per heavy atom. The first-order valence-electron chi connectivity index (χ1n) is 9.48. The van der Waals surface area contributed by atoms with Gasteiger partial charge in [-0.1, -0.05) is 30.3 Å². The van der Waals surface area contributed by atoms with Crippen LogP contribution >= 0.6 is 0 Å². The first kappa shape index (κ1) is 17.0. The second-order valence-electron chi connectivity index (χ2n) is 7.72. The van der Waals surface area contributed by atoms with Crippen LogP contribution in [0.25, 0.3) is 0 Å². The molecule has 0 aliphatic carbocycles. The van der Waals surface area contributed by atoms with E-state index in [-0.39, 0.29) is 11.5 Å². The number of hydrogen-bond donors (Lipinski definition) is 0. The SMILES string of the molecule is O=C(Cc1ccccc1)N1CC2(CC[C@@H](CN3CCOCC3)CO2)C1. The highest BCUT2D eigenvalue weighted by Gasteiger charge is 2.48. The van der Waals surface area contributed by atoms with Gasteiger partial charge in [-0.2, -0.15) is 0 Å². The summed E-state index contributed by atoms with van der Waals surface area (Å²) in [5.74, 6) is 0.841. The summed E-state index contributed by atoms with van der Waals surface area (Å²) in [4.78, 5) is 16.8. The number of hydrogen-bond acceptors (Lipinski definition) is 4. The number of rotatable bonds is 4. The monoisotopic (exact) mass is 344 g/mol. The van der Waals surface area contributed by atoms with Gasteiger partial charge in [0, 0.05) is 19.6 Å². The Labute approximate surface area is 149 Å². The maximum absolute atomic E-state index is 12.4. The van der Waals surface area contributed by atoms with Crippen LogP contribution in [-0.2, 0) is 20.7 Å². The Balaban J connectivity index is 1.20. The third kappa shape index (κ3) is 4.05. The topological polar surface area (TPSA) is 42.0 Å². The van der Waals surface area contributed by atoms with Crippen molar-refractivity contribution in [3.8, 4) is 0 Å². The number of nitrogens with zero attached hydrogens (tertiary/aromatic N) is 2. The van der Waals surface area contributed by atoms with Gasteiger partial charge in [0.05, 0.1) is 39.3 Å². The van der Waals surface area contributed by atoms with Crippen LogP contribution in [0.4, 0.5) is 0 Å². The lowest BCUT2D eigenvalue weighted by molar-refractivity contribution is -0.189. The maximum Gasteiger partial charge on any atom is 0.227 e. The van der Waals surface area contributed by atoms with Crippen LogP contribution < -0.4 is 0 Å². The second-order valence-corrected chi connectivity index (χ2v) is 7.72. The van der Waals surface area contributed by atoms with Crippen molar-refractivity contribution in [2.24, 2.45) is 5.92 Å². The van der Waals surface area contributed by atoms with Gasteiger partial charge in [-0.25, -0.2) is 0 Å². The molecular weight excluding hydrogens is 316 g/mol. The van der Waals surface area contributed by atoms with Crippen LogP contribution in [0, 0.1) is 5.92 Å². The average Bonchev–Trinajstić information content (AvgIpc) is 2.62. The molecule has 4 rings (SSSR count). The summed E-state index contributed by atoms with van der Waals surface area (Å²) >= 11 is 0. The quantitative estimate of drug-likeness (QED) is 0.831. The highest BCUT2D eigenvalue weighted by atomic mass is 16.5. The molecule has 3 aliphatic heterocycles. The second kappa shape index (κ2) is 7.44. The molecule has 3 heterocycles. The number of likely N-dealkylation sites (tertiary alicyclic amines) is 1. The van der Waals surface area contributed by atoms with Gasteiger partial charge in [-0.05, 0) is 24.3 Å². The van der Waals surface area contributed by atoms with E-state index in [0.29, 0.717) is 12.3 Å². The van der Waals surface area contributed by atoms with E-state index in [9.17, 15) is 4.79 Å². The highest BCUT2D eigenvalue weighted by Crippen LogP contribution is 2.36. The molecule has 5 nitrogen and oxygen atoms in total. The summed E-state index contributed by atoms with van der Waals surface area (Å²) in [5.41, 5.74) is 1.03. The zero-order valence-corrected chi connectivity index (χ0v) is 14.9. The minimum atomic E-state index is -0.0616. The Bertz CT molecular complexity index is 570. The Morgan fingerprint density at radius 3 is 2.60 bits per heavy atom. The summed E-state index contributed by atoms with van der Waals surface area (Å²) in [5, 5.41) is 0. The van der Waals surface area contributed by atoms with Crippen molar-refractivity contribution in [3.05, 3.63) is 35.9 Å². The zero-order valence-electron chi connectivity index (χ0n) is 14.9. The van der Waals surface area contributed by atoms with Crippen molar-refractivity contribution in [2.75, 3.05) is 52.5 Å². The van der Waals surface area contributed by atoms with Crippen molar-refractivity contribution in [2.45, 2.75) is 24.9 Å². The lowest BCUT2D eigenvalue weighted by Crippen LogP contribution is -2.66. The summed E-state index contributed by atoms with van der Waals surface area (Å²) in [6, 6.07) is 9.98. The van der Waals surface area contributed by atoms with Crippen LogP contribution in [-0.4, -0.2) is 73.9 Å². The van der Waals surface area contributed by atoms with Crippen molar-refractivity contribution in [1.29, 1.82) is 0 Å². The molecule has 136 valence electrons. The van der Waals surface area contributed by atoms with E-state index in [4.69, 9.17) is 9.47 Å². The molecule has 3 aliphatic rings. The fourth-order valence-corrected chi connectivity index (χ4v) is 4.17. The lowest BCUT2D eigenvalue weighted by atomic mass is 9.82. The van der Waals surface area contributed by atoms with Gasteiger partial charge >= 0.3 is 0 Å². The third-order valence-electron chi connectivity index (χ3n) is 5.76. The number of amides is 1. The molecule has 1 amide bonds. The number of benzene rings is 1. The fraction of sp³-hybridized carbons (Fsp3) is 0.650. The molecule has 0 bridgehead atoms. The summed E-state index contributed by atoms with van der Waals surface area (Å²) in [7, 11) is 0. The molecule has 0 aromatic heterocycles. The molecule has 1 spiro atoms. The van der Waals surface area contributed by atoms with Gasteiger partial charge in [-0.15, -0.1) is 0 Å². The molecule has 0 unspecified atom stereocenters. The minimum absolute atomic E-state index is 0.0616. The average molecular weight is 344 g/mol. The van der Waals surface area contributed by atoms with E-state index in [1.165, 1.54) is 6.42 Å². The predicted molar refractivity (Wildman–Crippen MR) is 95.4 cm³/mol. The number of carbonyl (C=O) groups is 1. The Morgan fingerprint density at radius 2 is 1.92 bits per heavy atom. The van der Waals surface area contributed by atoms with E-state index in [1.54, 1.807) is 0 Å². The Hall–Kier alpha value is -1.43. The largest absolute Gasteiger partial charge is 0.379 e. The summed E-state index contributed by atoms with van der Waals surface area (Å²) in [6.45, 7) is 7.29. The van der Waals surface area contributed by atoms with Gasteiger partial charge in [0.2, 0.25) is 5.91 Å². The van der Waals surface area contributed by atoms with E-state index in [1.807, 2.05) is 35.2 Å². The number of morpholine rings is 1. The maximum atomic E-state index is 12.4. The van der Waals surface area contributed by atoms with Crippen molar-refractivity contribution in [3.63, 3.8) is 0 Å². The van der Waals surface area contributed by atoms with Crippen molar-refractivity contribution < 1.29 is 14.3 Å².